The van der Waals surface area contributed by atoms with Crippen molar-refractivity contribution in [3.63, 3.8) is 0 Å². The van der Waals surface area contributed by atoms with Crippen LogP contribution in [0.4, 0.5) is 10.1 Å². The molecule has 0 saturated heterocycles. The highest BCUT2D eigenvalue weighted by atomic mass is 35.5. The van der Waals surface area contributed by atoms with Crippen LogP contribution < -0.4 is 4.72 Å². The average Bonchev–Trinajstić information content (AvgIpc) is 3.41. The van der Waals surface area contributed by atoms with Gasteiger partial charge in [0.05, 0.1) is 38.2 Å². The zero-order valence-electron chi connectivity index (χ0n) is 16.3. The number of thiazole rings is 1. The van der Waals surface area contributed by atoms with Gasteiger partial charge in [0.1, 0.15) is 5.82 Å². The Morgan fingerprint density at radius 2 is 1.87 bits per heavy atom. The van der Waals surface area contributed by atoms with E-state index in [0.29, 0.717) is 16.3 Å². The number of hydrogen-bond acceptors (Lipinski definition) is 8. The van der Waals surface area contributed by atoms with Crippen molar-refractivity contribution in [1.29, 1.82) is 0 Å². The molecule has 2 aromatic heterocycles. The van der Waals surface area contributed by atoms with Crippen molar-refractivity contribution in [1.82, 2.24) is 15.0 Å². The number of anilines is 1. The van der Waals surface area contributed by atoms with Gasteiger partial charge in [-0.1, -0.05) is 11.6 Å². The van der Waals surface area contributed by atoms with Gasteiger partial charge in [-0.15, -0.1) is 11.3 Å². The van der Waals surface area contributed by atoms with E-state index in [1.165, 1.54) is 23.6 Å². The average molecular weight is 503 g/mol. The van der Waals surface area contributed by atoms with Gasteiger partial charge in [0.2, 0.25) is 25.0 Å². The Kier molecular flexibility index (Phi) is 5.53. The summed E-state index contributed by atoms with van der Waals surface area (Å²) in [6, 6.07) is 3.67. The first-order chi connectivity index (χ1) is 14.4. The molecule has 1 aromatic carbocycles. The fourth-order valence-electron chi connectivity index (χ4n) is 2.88. The Hall–Kier alpha value is -2.15. The number of rotatable bonds is 6. The zero-order chi connectivity index (χ0) is 22.6. The van der Waals surface area contributed by atoms with Gasteiger partial charge in [-0.3, -0.25) is 4.72 Å². The fraction of sp³-hybridized carbons (Fsp3) is 0.278. The van der Waals surface area contributed by atoms with Crippen LogP contribution in [0.2, 0.25) is 5.02 Å². The Balaban J connectivity index is 1.93. The molecule has 164 valence electrons. The molecule has 0 spiro atoms. The lowest BCUT2D eigenvalue weighted by atomic mass is 10.1. The van der Waals surface area contributed by atoms with Crippen LogP contribution in [-0.2, 0) is 19.9 Å². The smallest absolute Gasteiger partial charge is 0.247 e. The standard InChI is InChI=1S/C18H16ClFN4O4S3/c1-30(25,26)18-21-6-5-12(22-18)16-15(23-17(29-16)9-3-4-9)11-7-10(20)8-13(14(11)19)24-31(2,27)28/h5-9,24H,3-4H2,1-2H3. The van der Waals surface area contributed by atoms with E-state index in [1.54, 1.807) is 0 Å². The predicted octanol–water partition coefficient (Wildman–Crippen LogP) is 3.71. The van der Waals surface area contributed by atoms with Gasteiger partial charge in [-0.2, -0.15) is 0 Å². The number of hydrogen-bond donors (Lipinski definition) is 1. The first kappa shape index (κ1) is 22.1. The van der Waals surface area contributed by atoms with E-state index in [0.717, 1.165) is 42.5 Å². The van der Waals surface area contributed by atoms with E-state index in [1.807, 2.05) is 0 Å². The van der Waals surface area contributed by atoms with E-state index in [-0.39, 0.29) is 27.3 Å². The first-order valence-corrected chi connectivity index (χ1v) is 13.9. The van der Waals surface area contributed by atoms with E-state index in [4.69, 9.17) is 11.6 Å². The van der Waals surface area contributed by atoms with Crippen LogP contribution in [0.3, 0.4) is 0 Å². The van der Waals surface area contributed by atoms with Crippen molar-refractivity contribution in [3.8, 4) is 21.8 Å². The first-order valence-electron chi connectivity index (χ1n) is 8.94. The minimum Gasteiger partial charge on any atom is -0.282 e. The van der Waals surface area contributed by atoms with Crippen LogP contribution in [0.1, 0.15) is 23.8 Å². The summed E-state index contributed by atoms with van der Waals surface area (Å²) in [6.45, 7) is 0. The Morgan fingerprint density at radius 1 is 1.16 bits per heavy atom. The molecular weight excluding hydrogens is 487 g/mol. The highest BCUT2D eigenvalue weighted by Crippen LogP contribution is 2.48. The fourth-order valence-corrected chi connectivity index (χ4v) is 5.48. The normalized spacial score (nSPS) is 14.6. The highest BCUT2D eigenvalue weighted by Gasteiger charge is 2.30. The third kappa shape index (κ3) is 4.86. The summed E-state index contributed by atoms with van der Waals surface area (Å²) in [5, 5.41) is 0.419. The number of aromatic nitrogens is 3. The number of benzene rings is 1. The molecule has 4 rings (SSSR count). The monoisotopic (exact) mass is 502 g/mol. The van der Waals surface area contributed by atoms with Crippen LogP contribution >= 0.6 is 22.9 Å². The summed E-state index contributed by atoms with van der Waals surface area (Å²) in [5.74, 6) is -0.452. The molecule has 0 amide bonds. The molecule has 13 heteroatoms. The molecule has 2 heterocycles. The summed E-state index contributed by atoms with van der Waals surface area (Å²) in [6.07, 6.45) is 5.18. The van der Waals surface area contributed by atoms with Crippen LogP contribution in [-0.4, -0.2) is 44.3 Å². The molecule has 1 aliphatic rings. The minimum atomic E-state index is -3.70. The van der Waals surface area contributed by atoms with Crippen molar-refractivity contribution in [2.75, 3.05) is 17.2 Å². The number of nitrogens with one attached hydrogen (secondary N) is 1. The molecule has 3 aromatic rings. The quantitative estimate of drug-likeness (QED) is 0.510. The van der Waals surface area contributed by atoms with Crippen LogP contribution in [0.5, 0.6) is 0 Å². The van der Waals surface area contributed by atoms with Crippen molar-refractivity contribution in [3.05, 3.63) is 40.2 Å². The van der Waals surface area contributed by atoms with E-state index in [9.17, 15) is 21.2 Å². The van der Waals surface area contributed by atoms with Crippen molar-refractivity contribution in [2.45, 2.75) is 23.9 Å². The van der Waals surface area contributed by atoms with Crippen LogP contribution in [0, 0.1) is 5.82 Å². The van der Waals surface area contributed by atoms with Crippen molar-refractivity contribution >= 4 is 48.5 Å². The topological polar surface area (TPSA) is 119 Å². The van der Waals surface area contributed by atoms with Crippen LogP contribution in [0.25, 0.3) is 21.8 Å². The summed E-state index contributed by atoms with van der Waals surface area (Å²) < 4.78 is 63.7. The molecule has 0 atom stereocenters. The van der Waals surface area contributed by atoms with E-state index >= 15 is 0 Å². The molecule has 0 unspecified atom stereocenters. The van der Waals surface area contributed by atoms with Gasteiger partial charge in [0, 0.05) is 23.9 Å². The molecule has 1 saturated carbocycles. The largest absolute Gasteiger partial charge is 0.282 e. The Morgan fingerprint density at radius 3 is 2.48 bits per heavy atom. The number of halogens is 2. The molecule has 8 nitrogen and oxygen atoms in total. The van der Waals surface area contributed by atoms with E-state index < -0.39 is 25.7 Å². The molecule has 0 aliphatic heterocycles. The minimum absolute atomic E-state index is 0.0295. The maximum atomic E-state index is 14.4. The van der Waals surface area contributed by atoms with Gasteiger partial charge in [0.15, 0.2) is 0 Å². The second-order valence-corrected chi connectivity index (χ2v) is 12.3. The summed E-state index contributed by atoms with van der Waals surface area (Å²) in [5.41, 5.74) is 0.648. The van der Waals surface area contributed by atoms with Gasteiger partial charge in [-0.05, 0) is 31.0 Å². The number of nitrogens with zero attached hydrogens (tertiary/aromatic N) is 3. The summed E-state index contributed by atoms with van der Waals surface area (Å²) in [4.78, 5) is 13.1. The van der Waals surface area contributed by atoms with Gasteiger partial charge in [-0.25, -0.2) is 36.2 Å². The lowest BCUT2D eigenvalue weighted by Gasteiger charge is -2.11. The van der Waals surface area contributed by atoms with Gasteiger partial charge >= 0.3 is 0 Å². The zero-order valence-corrected chi connectivity index (χ0v) is 19.5. The number of sulfonamides is 1. The molecule has 1 N–H and O–H groups in total. The molecule has 0 radical (unpaired) electrons. The van der Waals surface area contributed by atoms with Crippen LogP contribution in [0.15, 0.2) is 29.6 Å². The molecule has 1 aliphatic carbocycles. The number of sulfone groups is 1. The summed E-state index contributed by atoms with van der Waals surface area (Å²) >= 11 is 7.75. The second-order valence-electron chi connectivity index (χ2n) is 7.19. The van der Waals surface area contributed by atoms with Gasteiger partial charge in [0.25, 0.3) is 0 Å². The molecule has 1 fully saturated rings. The maximum Gasteiger partial charge on any atom is 0.247 e. The van der Waals surface area contributed by atoms with E-state index in [2.05, 4.69) is 19.7 Å². The SMILES string of the molecule is CS(=O)(=O)Nc1cc(F)cc(-c2nc(C3CC3)sc2-c2ccnc(S(C)(=O)=O)n2)c1Cl. The lowest BCUT2D eigenvalue weighted by Crippen LogP contribution is -2.10. The summed E-state index contributed by atoms with van der Waals surface area (Å²) in [7, 11) is -7.35. The van der Waals surface area contributed by atoms with Gasteiger partial charge < -0.3 is 0 Å². The second kappa shape index (κ2) is 7.76. The molecule has 31 heavy (non-hydrogen) atoms. The Bertz CT molecular complexity index is 1400. The maximum absolute atomic E-state index is 14.4. The van der Waals surface area contributed by atoms with Crippen molar-refractivity contribution < 1.29 is 21.2 Å². The lowest BCUT2D eigenvalue weighted by molar-refractivity contribution is 0.593. The predicted molar refractivity (Wildman–Crippen MR) is 117 cm³/mol. The Labute approximate surface area is 187 Å². The highest BCUT2D eigenvalue weighted by molar-refractivity contribution is 7.92. The van der Waals surface area contributed by atoms with Crippen molar-refractivity contribution in [2.24, 2.45) is 0 Å². The third-order valence-corrected chi connectivity index (χ3v) is 7.45. The molecule has 0 bridgehead atoms. The molecular formula is C18H16ClFN4O4S3. The third-order valence-electron chi connectivity index (χ3n) is 4.36.